The van der Waals surface area contributed by atoms with E-state index in [2.05, 4.69) is 38.5 Å². The molecule has 1 heterocycles. The minimum Gasteiger partial charge on any atom is -0.481 e. The summed E-state index contributed by atoms with van der Waals surface area (Å²) in [5.74, 6) is -5.24. The molecule has 15 heteroatoms. The highest BCUT2D eigenvalue weighted by Crippen LogP contribution is 2.05. The first-order valence-corrected chi connectivity index (χ1v) is 11.1. The molecular weight excluding hydrogens is 470 g/mol. The van der Waals surface area contributed by atoms with E-state index in [-0.39, 0.29) is 18.6 Å². The van der Waals surface area contributed by atoms with Crippen LogP contribution in [-0.4, -0.2) is 86.3 Å². The molecule has 0 fully saturated rings. The third-order valence-corrected chi connectivity index (χ3v) is 5.11. The van der Waals surface area contributed by atoms with Gasteiger partial charge in [0.2, 0.25) is 17.7 Å². The van der Waals surface area contributed by atoms with Gasteiger partial charge in [-0.3, -0.25) is 19.2 Å². The molecule has 0 aliphatic carbocycles. The van der Waals surface area contributed by atoms with E-state index in [1.54, 1.807) is 0 Å². The summed E-state index contributed by atoms with van der Waals surface area (Å²) in [5, 5.41) is 25.5. The van der Waals surface area contributed by atoms with Crippen molar-refractivity contribution in [3.05, 3.63) is 18.2 Å². The normalized spacial score (nSPS) is 14.3. The second-order valence-electron chi connectivity index (χ2n) is 7.47. The highest BCUT2D eigenvalue weighted by Gasteiger charge is 2.31. The molecule has 4 atom stereocenters. The molecule has 0 aliphatic rings. The molecule has 0 radical (unpaired) electrons. The Hall–Kier alpha value is -3.17. The quantitative estimate of drug-likeness (QED) is 0.0841. The smallest absolute Gasteiger partial charge is 0.326 e. The zero-order valence-corrected chi connectivity index (χ0v) is 19.3. The Morgan fingerprint density at radius 2 is 1.62 bits per heavy atom. The highest BCUT2D eigenvalue weighted by molar-refractivity contribution is 7.80. The molecule has 0 aliphatic heterocycles. The first-order valence-electron chi connectivity index (χ1n) is 10.5. The van der Waals surface area contributed by atoms with Gasteiger partial charge < -0.3 is 42.6 Å². The lowest BCUT2D eigenvalue weighted by molar-refractivity contribution is -0.143. The number of nitrogens with zero attached hydrogens (tertiary/aromatic N) is 1. The molecule has 34 heavy (non-hydrogen) atoms. The summed E-state index contributed by atoms with van der Waals surface area (Å²) in [7, 11) is 0. The number of H-pyrrole nitrogens is 1. The van der Waals surface area contributed by atoms with Crippen molar-refractivity contribution in [3.8, 4) is 0 Å². The maximum Gasteiger partial charge on any atom is 0.326 e. The third kappa shape index (κ3) is 10.2. The Morgan fingerprint density at radius 3 is 2.15 bits per heavy atom. The lowest BCUT2D eigenvalue weighted by Crippen LogP contribution is -2.58. The maximum atomic E-state index is 12.9. The predicted octanol–water partition coefficient (Wildman–Crippen LogP) is -2.65. The fourth-order valence-corrected chi connectivity index (χ4v) is 3.03. The number of aromatic amines is 1. The van der Waals surface area contributed by atoms with Crippen LogP contribution in [0.4, 0.5) is 0 Å². The van der Waals surface area contributed by atoms with Crippen molar-refractivity contribution in [1.82, 2.24) is 25.9 Å². The average molecular weight is 502 g/mol. The standard InChI is InChI=1S/C19H31N7O7S/c20-4-2-1-3-12(19(32)33)24-18(31)14(6-15(27)28)26-17(30)13(5-10-7-22-9-23-10)25-16(29)11(21)8-34/h7,9,11-14,34H,1-6,8,20-21H2,(H,22,23)(H,24,31)(H,25,29)(H,26,30)(H,27,28)(H,32,33). The van der Waals surface area contributed by atoms with E-state index in [1.165, 1.54) is 12.5 Å². The summed E-state index contributed by atoms with van der Waals surface area (Å²) in [6.07, 6.45) is 2.95. The summed E-state index contributed by atoms with van der Waals surface area (Å²) in [4.78, 5) is 67.2. The number of nitrogens with one attached hydrogen (secondary N) is 4. The lowest BCUT2D eigenvalue weighted by atomic mass is 10.1. The second-order valence-corrected chi connectivity index (χ2v) is 7.84. The predicted molar refractivity (Wildman–Crippen MR) is 123 cm³/mol. The number of aromatic nitrogens is 2. The van der Waals surface area contributed by atoms with E-state index in [1.807, 2.05) is 0 Å². The number of nitrogens with two attached hydrogens (primary N) is 2. The zero-order valence-electron chi connectivity index (χ0n) is 18.4. The topological polar surface area (TPSA) is 243 Å². The van der Waals surface area contributed by atoms with Crippen LogP contribution in [0.5, 0.6) is 0 Å². The molecule has 0 aromatic carbocycles. The van der Waals surface area contributed by atoms with Crippen molar-refractivity contribution in [2.45, 2.75) is 56.3 Å². The van der Waals surface area contributed by atoms with Gasteiger partial charge in [-0.2, -0.15) is 12.6 Å². The molecule has 1 aromatic rings. The molecule has 190 valence electrons. The Bertz CT molecular complexity index is 837. The van der Waals surface area contributed by atoms with Gasteiger partial charge in [-0.1, -0.05) is 0 Å². The minimum atomic E-state index is -1.60. The van der Waals surface area contributed by atoms with Gasteiger partial charge >= 0.3 is 11.9 Å². The molecule has 3 amide bonds. The van der Waals surface area contributed by atoms with Crippen molar-refractivity contribution in [3.63, 3.8) is 0 Å². The number of carbonyl (C=O) groups is 5. The Labute approximate surface area is 201 Å². The van der Waals surface area contributed by atoms with Crippen LogP contribution in [-0.2, 0) is 30.4 Å². The Kier molecular flexibility index (Phi) is 12.6. The summed E-state index contributed by atoms with van der Waals surface area (Å²) >= 11 is 3.94. The third-order valence-electron chi connectivity index (χ3n) is 4.72. The van der Waals surface area contributed by atoms with Crippen molar-refractivity contribution in [1.29, 1.82) is 0 Å². The number of hydrogen-bond donors (Lipinski definition) is 9. The minimum absolute atomic E-state index is 0.00894. The molecule has 1 rings (SSSR count). The molecule has 0 bridgehead atoms. The number of unbranched alkanes of at least 4 members (excludes halogenated alkanes) is 1. The summed E-state index contributed by atoms with van der Waals surface area (Å²) < 4.78 is 0. The number of aliphatic carboxylic acids is 2. The van der Waals surface area contributed by atoms with Crippen LogP contribution in [0.15, 0.2) is 12.5 Å². The molecule has 1 aromatic heterocycles. The summed E-state index contributed by atoms with van der Waals surface area (Å²) in [6, 6.07) is -5.13. The Balaban J connectivity index is 3.00. The van der Waals surface area contributed by atoms with Gasteiger partial charge in [0.15, 0.2) is 0 Å². The molecule has 0 saturated carbocycles. The van der Waals surface area contributed by atoms with Crippen molar-refractivity contribution >= 4 is 42.3 Å². The number of thiol groups is 1. The number of amides is 3. The average Bonchev–Trinajstić information content (AvgIpc) is 3.29. The SMILES string of the molecule is NCCCCC(NC(=O)C(CC(=O)O)NC(=O)C(Cc1cnc[nH]1)NC(=O)C(N)CS)C(=O)O. The van der Waals surface area contributed by atoms with Crippen LogP contribution >= 0.6 is 12.6 Å². The van der Waals surface area contributed by atoms with Gasteiger partial charge in [0.05, 0.1) is 18.8 Å². The van der Waals surface area contributed by atoms with Gasteiger partial charge in [0.1, 0.15) is 18.1 Å². The van der Waals surface area contributed by atoms with E-state index in [0.29, 0.717) is 25.1 Å². The van der Waals surface area contributed by atoms with Gasteiger partial charge in [0, 0.05) is 24.1 Å². The van der Waals surface area contributed by atoms with Gasteiger partial charge in [-0.15, -0.1) is 0 Å². The van der Waals surface area contributed by atoms with Crippen LogP contribution in [0.25, 0.3) is 0 Å². The van der Waals surface area contributed by atoms with Crippen LogP contribution in [0.1, 0.15) is 31.4 Å². The lowest BCUT2D eigenvalue weighted by Gasteiger charge is -2.24. The van der Waals surface area contributed by atoms with Crippen molar-refractivity contribution < 1.29 is 34.2 Å². The monoisotopic (exact) mass is 501 g/mol. The molecular formula is C19H31N7O7S. The van der Waals surface area contributed by atoms with Crippen LogP contribution in [0.3, 0.4) is 0 Å². The molecule has 0 saturated heterocycles. The molecule has 0 spiro atoms. The Morgan fingerprint density at radius 1 is 1.00 bits per heavy atom. The number of carboxylic acid groups (broad SMARTS) is 2. The van der Waals surface area contributed by atoms with Gasteiger partial charge in [0.25, 0.3) is 0 Å². The number of rotatable bonds is 16. The second kappa shape index (κ2) is 14.9. The first kappa shape index (κ1) is 28.9. The fraction of sp³-hybridized carbons (Fsp3) is 0.579. The number of carboxylic acids is 2. The van der Waals surface area contributed by atoms with E-state index < -0.39 is 60.2 Å². The fourth-order valence-electron chi connectivity index (χ4n) is 2.87. The number of carbonyl (C=O) groups excluding carboxylic acids is 3. The van der Waals surface area contributed by atoms with Crippen LogP contribution in [0, 0.1) is 0 Å². The van der Waals surface area contributed by atoms with Crippen LogP contribution in [0.2, 0.25) is 0 Å². The van der Waals surface area contributed by atoms with E-state index in [4.69, 9.17) is 11.5 Å². The largest absolute Gasteiger partial charge is 0.481 e. The zero-order chi connectivity index (χ0) is 25.7. The summed E-state index contributed by atoms with van der Waals surface area (Å²) in [6.45, 7) is 0.346. The van der Waals surface area contributed by atoms with Crippen LogP contribution < -0.4 is 27.4 Å². The molecule has 14 nitrogen and oxygen atoms in total. The van der Waals surface area contributed by atoms with Gasteiger partial charge in [-0.25, -0.2) is 9.78 Å². The van der Waals surface area contributed by atoms with Crippen molar-refractivity contribution in [2.75, 3.05) is 12.3 Å². The van der Waals surface area contributed by atoms with E-state index in [9.17, 15) is 34.2 Å². The number of hydrogen-bond acceptors (Lipinski definition) is 9. The summed E-state index contributed by atoms with van der Waals surface area (Å²) in [5.41, 5.74) is 11.5. The van der Waals surface area contributed by atoms with E-state index in [0.717, 1.165) is 0 Å². The first-order chi connectivity index (χ1) is 16.1. The van der Waals surface area contributed by atoms with E-state index >= 15 is 0 Å². The van der Waals surface area contributed by atoms with Gasteiger partial charge in [-0.05, 0) is 25.8 Å². The van der Waals surface area contributed by atoms with Crippen molar-refractivity contribution in [2.24, 2.45) is 11.5 Å². The maximum absolute atomic E-state index is 12.9. The molecule has 10 N–H and O–H groups in total. The number of imidazole rings is 1. The molecule has 4 unspecified atom stereocenters. The highest BCUT2D eigenvalue weighted by atomic mass is 32.1.